The van der Waals surface area contributed by atoms with E-state index in [2.05, 4.69) is 10.4 Å². The van der Waals surface area contributed by atoms with E-state index in [4.69, 9.17) is 0 Å². The first-order valence-corrected chi connectivity index (χ1v) is 5.57. The molecule has 1 aromatic rings. The Kier molecular flexibility index (Phi) is 4.28. The highest BCUT2D eigenvalue weighted by atomic mass is 16.6. The first kappa shape index (κ1) is 12.5. The fraction of sp³-hybridized carbons (Fsp3) is 0.700. The molecule has 0 aliphatic rings. The van der Waals surface area contributed by atoms with Crippen LogP contribution in [0.15, 0.2) is 0 Å². The number of rotatable bonds is 6. The molecule has 0 aromatic carbocycles. The Morgan fingerprint density at radius 1 is 1.44 bits per heavy atom. The molecule has 0 saturated carbocycles. The molecular formula is C10H18N4O2. The lowest BCUT2D eigenvalue weighted by molar-refractivity contribution is -0.384. The van der Waals surface area contributed by atoms with E-state index >= 15 is 0 Å². The Morgan fingerprint density at radius 2 is 2.12 bits per heavy atom. The zero-order valence-electron chi connectivity index (χ0n) is 9.99. The van der Waals surface area contributed by atoms with E-state index in [0.29, 0.717) is 18.1 Å². The average molecular weight is 226 g/mol. The lowest BCUT2D eigenvalue weighted by atomic mass is 10.3. The maximum Gasteiger partial charge on any atom is 0.333 e. The molecule has 1 aromatic heterocycles. The lowest BCUT2D eigenvalue weighted by Gasteiger charge is -2.06. The minimum Gasteiger partial charge on any atom is -0.365 e. The van der Waals surface area contributed by atoms with Gasteiger partial charge in [0.2, 0.25) is 5.82 Å². The van der Waals surface area contributed by atoms with Crippen LogP contribution in [-0.2, 0) is 6.54 Å². The quantitative estimate of drug-likeness (QED) is 0.596. The van der Waals surface area contributed by atoms with Gasteiger partial charge in [-0.2, -0.15) is 5.10 Å². The Balaban J connectivity index is 3.09. The molecule has 1 rings (SSSR count). The number of anilines is 1. The molecule has 0 aliphatic heterocycles. The van der Waals surface area contributed by atoms with Gasteiger partial charge in [0.05, 0.1) is 4.92 Å². The Hall–Kier alpha value is -1.59. The maximum absolute atomic E-state index is 10.9. The molecule has 0 bridgehead atoms. The predicted molar refractivity (Wildman–Crippen MR) is 62.7 cm³/mol. The second-order valence-electron chi connectivity index (χ2n) is 3.69. The summed E-state index contributed by atoms with van der Waals surface area (Å²) < 4.78 is 1.68. The third-order valence-corrected chi connectivity index (χ3v) is 2.26. The SMILES string of the molecule is CCCNc1c([N+](=O)[O-])c(C)nn1CCC. The van der Waals surface area contributed by atoms with Gasteiger partial charge >= 0.3 is 5.69 Å². The smallest absolute Gasteiger partial charge is 0.333 e. The molecule has 0 fully saturated rings. The number of nitro groups is 1. The van der Waals surface area contributed by atoms with Crippen LogP contribution in [0.5, 0.6) is 0 Å². The molecule has 0 unspecified atom stereocenters. The van der Waals surface area contributed by atoms with E-state index in [1.807, 2.05) is 13.8 Å². The number of aryl methyl sites for hydroxylation is 2. The molecule has 6 nitrogen and oxygen atoms in total. The maximum atomic E-state index is 10.9. The summed E-state index contributed by atoms with van der Waals surface area (Å²) in [6.07, 6.45) is 1.83. The first-order chi connectivity index (χ1) is 7.61. The van der Waals surface area contributed by atoms with Crippen molar-refractivity contribution in [2.75, 3.05) is 11.9 Å². The highest BCUT2D eigenvalue weighted by Gasteiger charge is 2.24. The summed E-state index contributed by atoms with van der Waals surface area (Å²) in [5, 5.41) is 18.2. The Bertz CT molecular complexity index is 373. The number of nitrogens with one attached hydrogen (secondary N) is 1. The summed E-state index contributed by atoms with van der Waals surface area (Å²) in [6.45, 7) is 7.12. The molecule has 0 aliphatic carbocycles. The van der Waals surface area contributed by atoms with Gasteiger partial charge in [0.1, 0.15) is 5.69 Å². The predicted octanol–water partition coefficient (Wildman–Crippen LogP) is 2.33. The average Bonchev–Trinajstić information content (AvgIpc) is 2.52. The minimum absolute atomic E-state index is 0.0990. The van der Waals surface area contributed by atoms with Gasteiger partial charge in [-0.3, -0.25) is 10.1 Å². The van der Waals surface area contributed by atoms with Crippen LogP contribution in [0.25, 0.3) is 0 Å². The summed E-state index contributed by atoms with van der Waals surface area (Å²) in [4.78, 5) is 10.6. The summed E-state index contributed by atoms with van der Waals surface area (Å²) in [7, 11) is 0. The first-order valence-electron chi connectivity index (χ1n) is 5.57. The highest BCUT2D eigenvalue weighted by molar-refractivity contribution is 5.59. The van der Waals surface area contributed by atoms with Crippen LogP contribution in [0.4, 0.5) is 11.5 Å². The van der Waals surface area contributed by atoms with Crippen molar-refractivity contribution in [3.8, 4) is 0 Å². The van der Waals surface area contributed by atoms with Crippen molar-refractivity contribution < 1.29 is 4.92 Å². The Labute approximate surface area is 94.8 Å². The molecule has 1 heterocycles. The van der Waals surface area contributed by atoms with Crippen molar-refractivity contribution in [1.29, 1.82) is 0 Å². The molecule has 0 atom stereocenters. The Morgan fingerprint density at radius 3 is 2.62 bits per heavy atom. The second-order valence-corrected chi connectivity index (χ2v) is 3.69. The fourth-order valence-corrected chi connectivity index (χ4v) is 1.58. The zero-order chi connectivity index (χ0) is 12.1. The third-order valence-electron chi connectivity index (χ3n) is 2.26. The molecule has 90 valence electrons. The van der Waals surface area contributed by atoms with Crippen molar-refractivity contribution in [3.05, 3.63) is 15.8 Å². The number of aromatic nitrogens is 2. The van der Waals surface area contributed by atoms with Crippen LogP contribution in [-0.4, -0.2) is 21.2 Å². The van der Waals surface area contributed by atoms with Gasteiger partial charge < -0.3 is 5.32 Å². The van der Waals surface area contributed by atoms with Crippen LogP contribution in [0.3, 0.4) is 0 Å². The van der Waals surface area contributed by atoms with Gasteiger partial charge in [-0.25, -0.2) is 4.68 Å². The van der Waals surface area contributed by atoms with Gasteiger partial charge in [-0.15, -0.1) is 0 Å². The van der Waals surface area contributed by atoms with E-state index in [0.717, 1.165) is 19.4 Å². The normalized spacial score (nSPS) is 10.4. The van der Waals surface area contributed by atoms with Crippen LogP contribution < -0.4 is 5.32 Å². The van der Waals surface area contributed by atoms with Crippen LogP contribution >= 0.6 is 0 Å². The zero-order valence-corrected chi connectivity index (χ0v) is 9.99. The highest BCUT2D eigenvalue weighted by Crippen LogP contribution is 2.28. The van der Waals surface area contributed by atoms with Crippen molar-refractivity contribution in [1.82, 2.24) is 9.78 Å². The lowest BCUT2D eigenvalue weighted by Crippen LogP contribution is -2.09. The molecule has 1 N–H and O–H groups in total. The van der Waals surface area contributed by atoms with E-state index in [9.17, 15) is 10.1 Å². The molecular weight excluding hydrogens is 208 g/mol. The monoisotopic (exact) mass is 226 g/mol. The van der Waals surface area contributed by atoms with E-state index in [-0.39, 0.29) is 10.6 Å². The van der Waals surface area contributed by atoms with Crippen molar-refractivity contribution in [2.24, 2.45) is 0 Å². The standard InChI is InChI=1S/C10H18N4O2/c1-4-6-11-10-9(14(15)16)8(3)12-13(10)7-5-2/h11H,4-7H2,1-3H3. The molecule has 0 amide bonds. The number of hydrogen-bond donors (Lipinski definition) is 1. The largest absolute Gasteiger partial charge is 0.365 e. The summed E-state index contributed by atoms with van der Waals surface area (Å²) in [5.41, 5.74) is 0.568. The van der Waals surface area contributed by atoms with E-state index in [1.165, 1.54) is 0 Å². The second kappa shape index (κ2) is 5.48. The van der Waals surface area contributed by atoms with Crippen molar-refractivity contribution in [2.45, 2.75) is 40.2 Å². The van der Waals surface area contributed by atoms with Crippen LogP contribution in [0, 0.1) is 17.0 Å². The minimum atomic E-state index is -0.369. The topological polar surface area (TPSA) is 73.0 Å². The molecule has 0 saturated heterocycles. The van der Waals surface area contributed by atoms with Gasteiger partial charge in [0, 0.05) is 13.1 Å². The number of hydrogen-bond acceptors (Lipinski definition) is 4. The summed E-state index contributed by atoms with van der Waals surface area (Å²) in [6, 6.07) is 0. The van der Waals surface area contributed by atoms with E-state index in [1.54, 1.807) is 11.6 Å². The van der Waals surface area contributed by atoms with Crippen LogP contribution in [0.1, 0.15) is 32.4 Å². The molecule has 16 heavy (non-hydrogen) atoms. The molecule has 6 heteroatoms. The fourth-order valence-electron chi connectivity index (χ4n) is 1.58. The van der Waals surface area contributed by atoms with Crippen LogP contribution in [0.2, 0.25) is 0 Å². The van der Waals surface area contributed by atoms with Gasteiger partial charge in [0.15, 0.2) is 0 Å². The summed E-state index contributed by atoms with van der Waals surface area (Å²) >= 11 is 0. The number of nitrogens with zero attached hydrogens (tertiary/aromatic N) is 3. The van der Waals surface area contributed by atoms with Gasteiger partial charge in [-0.1, -0.05) is 13.8 Å². The third kappa shape index (κ3) is 2.50. The van der Waals surface area contributed by atoms with Crippen molar-refractivity contribution in [3.63, 3.8) is 0 Å². The molecule has 0 spiro atoms. The summed E-state index contributed by atoms with van der Waals surface area (Å²) in [5.74, 6) is 0.534. The van der Waals surface area contributed by atoms with Crippen molar-refractivity contribution >= 4 is 11.5 Å². The van der Waals surface area contributed by atoms with Gasteiger partial charge in [0.25, 0.3) is 0 Å². The van der Waals surface area contributed by atoms with E-state index < -0.39 is 0 Å². The van der Waals surface area contributed by atoms with Gasteiger partial charge in [-0.05, 0) is 19.8 Å². The molecule has 0 radical (unpaired) electrons.